The number of ether oxygens (including phenoxy) is 1. The van der Waals surface area contributed by atoms with E-state index in [1.807, 2.05) is 50.2 Å². The molecule has 0 aromatic heterocycles. The second-order valence-electron chi connectivity index (χ2n) is 4.63. The van der Waals surface area contributed by atoms with Gasteiger partial charge in [0.1, 0.15) is 11.9 Å². The summed E-state index contributed by atoms with van der Waals surface area (Å²) < 4.78 is 6.46. The van der Waals surface area contributed by atoms with E-state index in [0.29, 0.717) is 0 Å². The summed E-state index contributed by atoms with van der Waals surface area (Å²) in [5.41, 5.74) is 3.91. The predicted molar refractivity (Wildman–Crippen MR) is 85.7 cm³/mol. The Bertz CT molecular complexity index is 576. The first kappa shape index (κ1) is 14.3. The monoisotopic (exact) mass is 368 g/mol. The highest BCUT2D eigenvalue weighted by atomic mass is 127. The first-order chi connectivity index (χ1) is 9.02. The molecule has 0 saturated carbocycles. The average molecular weight is 368 g/mol. The quantitative estimate of drug-likeness (QED) is 0.830. The summed E-state index contributed by atoms with van der Waals surface area (Å²) in [5.74, 6) is 0.857. The van der Waals surface area contributed by atoms with Crippen molar-refractivity contribution in [2.75, 3.05) is 7.11 Å². The van der Waals surface area contributed by atoms with Crippen molar-refractivity contribution >= 4 is 22.6 Å². The molecule has 2 nitrogen and oxygen atoms in total. The first-order valence-electron chi connectivity index (χ1n) is 6.11. The van der Waals surface area contributed by atoms with Crippen LogP contribution in [-0.2, 0) is 0 Å². The van der Waals surface area contributed by atoms with Crippen LogP contribution in [0.2, 0.25) is 0 Å². The summed E-state index contributed by atoms with van der Waals surface area (Å²) in [5, 5.41) is 10.5. The van der Waals surface area contributed by atoms with Crippen molar-refractivity contribution in [3.8, 4) is 5.75 Å². The molecule has 0 aliphatic rings. The van der Waals surface area contributed by atoms with Gasteiger partial charge in [0.15, 0.2) is 0 Å². The molecule has 0 fully saturated rings. The fourth-order valence-electron chi connectivity index (χ4n) is 2.15. The number of benzene rings is 2. The zero-order chi connectivity index (χ0) is 14.0. The molecule has 3 heteroatoms. The van der Waals surface area contributed by atoms with Gasteiger partial charge in [-0.05, 0) is 83.0 Å². The fourth-order valence-corrected chi connectivity index (χ4v) is 2.51. The highest BCUT2D eigenvalue weighted by Crippen LogP contribution is 2.30. The van der Waals surface area contributed by atoms with E-state index < -0.39 is 6.10 Å². The van der Waals surface area contributed by atoms with Gasteiger partial charge in [0, 0.05) is 3.57 Å². The van der Waals surface area contributed by atoms with Crippen LogP contribution in [0.4, 0.5) is 0 Å². The molecule has 0 aliphatic carbocycles. The van der Waals surface area contributed by atoms with Gasteiger partial charge in [0.05, 0.1) is 7.11 Å². The summed E-state index contributed by atoms with van der Waals surface area (Å²) in [6, 6.07) is 11.9. The lowest BCUT2D eigenvalue weighted by Crippen LogP contribution is -2.03. The van der Waals surface area contributed by atoms with Crippen molar-refractivity contribution in [2.45, 2.75) is 20.0 Å². The predicted octanol–water partition coefficient (Wildman–Crippen LogP) is 4.00. The molecule has 19 heavy (non-hydrogen) atoms. The lowest BCUT2D eigenvalue weighted by atomic mass is 9.95. The van der Waals surface area contributed by atoms with E-state index in [9.17, 15) is 5.11 Å². The maximum Gasteiger partial charge on any atom is 0.122 e. The van der Waals surface area contributed by atoms with Gasteiger partial charge in [-0.3, -0.25) is 0 Å². The second-order valence-corrected chi connectivity index (χ2v) is 5.88. The molecule has 2 rings (SSSR count). The molecule has 1 N–H and O–H groups in total. The fraction of sp³-hybridized carbons (Fsp3) is 0.250. The van der Waals surface area contributed by atoms with Gasteiger partial charge in [-0.25, -0.2) is 0 Å². The standard InChI is InChI=1S/C16H17IO2/c1-10-9-15(19-3)11(2)8-14(10)16(18)12-4-6-13(17)7-5-12/h4-9,16,18H,1-3H3. The van der Waals surface area contributed by atoms with Gasteiger partial charge in [-0.15, -0.1) is 0 Å². The van der Waals surface area contributed by atoms with E-state index in [-0.39, 0.29) is 0 Å². The summed E-state index contributed by atoms with van der Waals surface area (Å²) in [4.78, 5) is 0. The number of hydrogen-bond acceptors (Lipinski definition) is 2. The van der Waals surface area contributed by atoms with Crippen LogP contribution in [0.25, 0.3) is 0 Å². The van der Waals surface area contributed by atoms with E-state index in [2.05, 4.69) is 22.6 Å². The Hall–Kier alpha value is -1.07. The van der Waals surface area contributed by atoms with Gasteiger partial charge in [-0.2, -0.15) is 0 Å². The van der Waals surface area contributed by atoms with Crippen molar-refractivity contribution in [1.29, 1.82) is 0 Å². The largest absolute Gasteiger partial charge is 0.496 e. The number of aliphatic hydroxyl groups is 1. The van der Waals surface area contributed by atoms with Crippen LogP contribution in [0.1, 0.15) is 28.4 Å². The number of aryl methyl sites for hydroxylation is 2. The summed E-state index contributed by atoms with van der Waals surface area (Å²) in [6.45, 7) is 3.98. The van der Waals surface area contributed by atoms with E-state index in [1.165, 1.54) is 0 Å². The van der Waals surface area contributed by atoms with Crippen LogP contribution in [0.15, 0.2) is 36.4 Å². The smallest absolute Gasteiger partial charge is 0.122 e. The Balaban J connectivity index is 2.41. The lowest BCUT2D eigenvalue weighted by molar-refractivity contribution is 0.219. The highest BCUT2D eigenvalue weighted by Gasteiger charge is 2.15. The molecule has 1 unspecified atom stereocenters. The van der Waals surface area contributed by atoms with Gasteiger partial charge >= 0.3 is 0 Å². The number of methoxy groups -OCH3 is 1. The lowest BCUT2D eigenvalue weighted by Gasteiger charge is -2.17. The molecule has 0 heterocycles. The normalized spacial score (nSPS) is 12.3. The van der Waals surface area contributed by atoms with E-state index in [0.717, 1.165) is 31.6 Å². The van der Waals surface area contributed by atoms with E-state index in [1.54, 1.807) is 7.11 Å². The maximum atomic E-state index is 10.5. The first-order valence-corrected chi connectivity index (χ1v) is 7.19. The molecule has 2 aromatic rings. The zero-order valence-electron chi connectivity index (χ0n) is 11.3. The molecule has 100 valence electrons. The number of halogens is 1. The summed E-state index contributed by atoms with van der Waals surface area (Å²) in [7, 11) is 1.66. The summed E-state index contributed by atoms with van der Waals surface area (Å²) >= 11 is 2.26. The van der Waals surface area contributed by atoms with Gasteiger partial charge < -0.3 is 9.84 Å². The third-order valence-corrected chi connectivity index (χ3v) is 3.98. The molecule has 0 spiro atoms. The summed E-state index contributed by atoms with van der Waals surface area (Å²) in [6.07, 6.45) is -0.596. The molecule has 1 atom stereocenters. The molecule has 0 radical (unpaired) electrons. The van der Waals surface area contributed by atoms with Crippen LogP contribution < -0.4 is 4.74 Å². The van der Waals surface area contributed by atoms with Crippen LogP contribution in [0.3, 0.4) is 0 Å². The third-order valence-electron chi connectivity index (χ3n) is 3.26. The van der Waals surface area contributed by atoms with Gasteiger partial charge in [-0.1, -0.05) is 12.1 Å². The average Bonchev–Trinajstić information content (AvgIpc) is 2.41. The molecule has 0 amide bonds. The molecule has 0 bridgehead atoms. The van der Waals surface area contributed by atoms with Crippen molar-refractivity contribution < 1.29 is 9.84 Å². The number of aliphatic hydroxyl groups excluding tert-OH is 1. The zero-order valence-corrected chi connectivity index (χ0v) is 13.4. The topological polar surface area (TPSA) is 29.5 Å². The second kappa shape index (κ2) is 5.92. The van der Waals surface area contributed by atoms with Crippen molar-refractivity contribution in [3.63, 3.8) is 0 Å². The minimum Gasteiger partial charge on any atom is -0.496 e. The Labute approximate surface area is 127 Å². The van der Waals surface area contributed by atoms with Crippen LogP contribution in [0.5, 0.6) is 5.75 Å². The van der Waals surface area contributed by atoms with E-state index in [4.69, 9.17) is 4.74 Å². The van der Waals surface area contributed by atoms with Gasteiger partial charge in [0.2, 0.25) is 0 Å². The maximum absolute atomic E-state index is 10.5. The van der Waals surface area contributed by atoms with Crippen molar-refractivity contribution in [3.05, 3.63) is 62.2 Å². The van der Waals surface area contributed by atoms with E-state index >= 15 is 0 Å². The van der Waals surface area contributed by atoms with Crippen LogP contribution in [-0.4, -0.2) is 12.2 Å². The van der Waals surface area contributed by atoms with Crippen molar-refractivity contribution in [1.82, 2.24) is 0 Å². The molecule has 0 aliphatic heterocycles. The molecule has 0 saturated heterocycles. The Morgan fingerprint density at radius 1 is 1.05 bits per heavy atom. The van der Waals surface area contributed by atoms with Gasteiger partial charge in [0.25, 0.3) is 0 Å². The number of hydrogen-bond donors (Lipinski definition) is 1. The van der Waals surface area contributed by atoms with Crippen LogP contribution in [0, 0.1) is 17.4 Å². The Morgan fingerprint density at radius 2 is 1.68 bits per heavy atom. The Morgan fingerprint density at radius 3 is 2.26 bits per heavy atom. The number of rotatable bonds is 3. The molecular weight excluding hydrogens is 351 g/mol. The minimum absolute atomic E-state index is 0.596. The Kier molecular flexibility index (Phi) is 4.47. The molecule has 2 aromatic carbocycles. The SMILES string of the molecule is COc1cc(C)c(C(O)c2ccc(I)cc2)cc1C. The van der Waals surface area contributed by atoms with Crippen molar-refractivity contribution in [2.24, 2.45) is 0 Å². The van der Waals surface area contributed by atoms with Crippen LogP contribution >= 0.6 is 22.6 Å². The minimum atomic E-state index is -0.596. The molecular formula is C16H17IO2. The highest BCUT2D eigenvalue weighted by molar-refractivity contribution is 14.1. The third kappa shape index (κ3) is 3.09.